The Morgan fingerprint density at radius 2 is 1.93 bits per heavy atom. The summed E-state index contributed by atoms with van der Waals surface area (Å²) in [4.78, 5) is 24.8. The van der Waals surface area contributed by atoms with Crippen LogP contribution in [0.25, 0.3) is 0 Å². The number of fused-ring (bicyclic) bond motifs is 1. The minimum Gasteiger partial charge on any atom is -0.494 e. The first-order valence-corrected chi connectivity index (χ1v) is 10.1. The third-order valence-corrected chi connectivity index (χ3v) is 5.41. The molecule has 6 heteroatoms. The van der Waals surface area contributed by atoms with Crippen molar-refractivity contribution in [3.05, 3.63) is 59.7 Å². The lowest BCUT2D eigenvalue weighted by Crippen LogP contribution is -2.34. The van der Waals surface area contributed by atoms with Crippen molar-refractivity contribution in [2.75, 3.05) is 11.5 Å². The van der Waals surface area contributed by atoms with Crippen molar-refractivity contribution in [2.45, 2.75) is 51.1 Å². The molecule has 0 radical (unpaired) electrons. The number of nitrogens with zero attached hydrogens (tertiary/aromatic N) is 1. The van der Waals surface area contributed by atoms with E-state index >= 15 is 0 Å². The summed E-state index contributed by atoms with van der Waals surface area (Å²) in [6.07, 6.45) is 1.72. The number of aliphatic carboxylic acids is 1. The highest BCUT2D eigenvalue weighted by atomic mass is 16.5. The number of carbonyl (C=O) groups is 2. The highest BCUT2D eigenvalue weighted by Gasteiger charge is 2.38. The summed E-state index contributed by atoms with van der Waals surface area (Å²) in [6, 6.07) is 16.4. The van der Waals surface area contributed by atoms with E-state index < -0.39 is 5.97 Å². The molecule has 29 heavy (non-hydrogen) atoms. The summed E-state index contributed by atoms with van der Waals surface area (Å²) in [5, 5.41) is 8.76. The molecule has 6 nitrogen and oxygen atoms in total. The van der Waals surface area contributed by atoms with Crippen LogP contribution in [0.4, 0.5) is 5.69 Å². The van der Waals surface area contributed by atoms with Gasteiger partial charge >= 0.3 is 5.97 Å². The molecule has 3 N–H and O–H groups in total. The van der Waals surface area contributed by atoms with Crippen molar-refractivity contribution in [1.82, 2.24) is 0 Å². The molecule has 0 aromatic heterocycles. The highest BCUT2D eigenvalue weighted by molar-refractivity contribution is 5.77. The van der Waals surface area contributed by atoms with E-state index in [-0.39, 0.29) is 24.3 Å². The Morgan fingerprint density at radius 3 is 2.59 bits per heavy atom. The molecule has 1 aliphatic heterocycles. The minimum absolute atomic E-state index is 0.0128. The van der Waals surface area contributed by atoms with Crippen molar-refractivity contribution < 1.29 is 19.4 Å². The summed E-state index contributed by atoms with van der Waals surface area (Å²) in [7, 11) is 0. The van der Waals surface area contributed by atoms with Gasteiger partial charge in [-0.15, -0.1) is 0 Å². The van der Waals surface area contributed by atoms with E-state index in [2.05, 4.69) is 24.0 Å². The molecule has 0 bridgehead atoms. The van der Waals surface area contributed by atoms with Crippen LogP contribution in [-0.2, 0) is 16.1 Å². The first-order chi connectivity index (χ1) is 14.0. The molecule has 2 unspecified atom stereocenters. The molecule has 2 aromatic rings. The number of rotatable bonds is 10. The predicted octanol–water partition coefficient (Wildman–Crippen LogP) is 3.69. The maximum absolute atomic E-state index is 11.8. The van der Waals surface area contributed by atoms with Crippen LogP contribution in [0.5, 0.6) is 5.75 Å². The number of ether oxygens (including phenoxy) is 1. The molecule has 0 aliphatic carbocycles. The third kappa shape index (κ3) is 5.08. The SMILES string of the molecule is CCC1C(CC(N)=O)c2cc(OCCCC(=O)O)ccc2N1Cc1ccccc1. The van der Waals surface area contributed by atoms with E-state index in [1.54, 1.807) is 0 Å². The topological polar surface area (TPSA) is 92.9 Å². The number of anilines is 1. The van der Waals surface area contributed by atoms with Gasteiger partial charge in [0.15, 0.2) is 0 Å². The van der Waals surface area contributed by atoms with Crippen LogP contribution in [0.15, 0.2) is 48.5 Å². The van der Waals surface area contributed by atoms with E-state index in [4.69, 9.17) is 15.6 Å². The Bertz CT molecular complexity index is 853. The van der Waals surface area contributed by atoms with E-state index in [1.165, 1.54) is 5.56 Å². The van der Waals surface area contributed by atoms with Gasteiger partial charge in [0.05, 0.1) is 6.61 Å². The van der Waals surface area contributed by atoms with Gasteiger partial charge in [0.1, 0.15) is 5.75 Å². The Hall–Kier alpha value is -3.02. The predicted molar refractivity (Wildman–Crippen MR) is 112 cm³/mol. The van der Waals surface area contributed by atoms with Crippen molar-refractivity contribution in [3.63, 3.8) is 0 Å². The molecule has 0 saturated heterocycles. The number of carboxylic acid groups (broad SMARTS) is 1. The maximum atomic E-state index is 11.8. The molecule has 0 fully saturated rings. The smallest absolute Gasteiger partial charge is 0.303 e. The standard InChI is InChI=1S/C23H28N2O4/c1-2-20-19(14-22(24)26)18-13-17(29-12-6-9-23(27)28)10-11-21(18)25(20)15-16-7-4-3-5-8-16/h3-5,7-8,10-11,13,19-20H,2,6,9,12,14-15H2,1H3,(H2,24,26)(H,27,28). The molecule has 2 aromatic carbocycles. The van der Waals surface area contributed by atoms with Gasteiger partial charge in [-0.25, -0.2) is 0 Å². The van der Waals surface area contributed by atoms with Crippen molar-refractivity contribution in [3.8, 4) is 5.75 Å². The number of carboxylic acids is 1. The maximum Gasteiger partial charge on any atom is 0.303 e. The Labute approximate surface area is 171 Å². The molecule has 154 valence electrons. The summed E-state index contributed by atoms with van der Waals surface area (Å²) in [5.41, 5.74) is 8.95. The highest BCUT2D eigenvalue weighted by Crippen LogP contribution is 2.46. The fraction of sp³-hybridized carbons (Fsp3) is 0.391. The third-order valence-electron chi connectivity index (χ3n) is 5.41. The molecule has 1 aliphatic rings. The van der Waals surface area contributed by atoms with Gasteiger partial charge in [-0.2, -0.15) is 0 Å². The van der Waals surface area contributed by atoms with Crippen LogP contribution in [0, 0.1) is 0 Å². The Balaban J connectivity index is 1.85. The first kappa shape index (κ1) is 20.7. The van der Waals surface area contributed by atoms with E-state index in [1.807, 2.05) is 36.4 Å². The molecule has 1 amide bonds. The van der Waals surface area contributed by atoms with Crippen molar-refractivity contribution in [2.24, 2.45) is 5.73 Å². The van der Waals surface area contributed by atoms with Gasteiger partial charge in [-0.05, 0) is 42.2 Å². The fourth-order valence-corrected chi connectivity index (χ4v) is 4.15. The zero-order valence-corrected chi connectivity index (χ0v) is 16.7. The van der Waals surface area contributed by atoms with E-state index in [0.717, 1.165) is 24.2 Å². The van der Waals surface area contributed by atoms with E-state index in [9.17, 15) is 9.59 Å². The second-order valence-electron chi connectivity index (χ2n) is 7.43. The molecule has 2 atom stereocenters. The van der Waals surface area contributed by atoms with Crippen molar-refractivity contribution in [1.29, 1.82) is 0 Å². The van der Waals surface area contributed by atoms with Gasteiger partial charge in [-0.1, -0.05) is 37.3 Å². The van der Waals surface area contributed by atoms with Crippen LogP contribution in [0.3, 0.4) is 0 Å². The molecule has 3 rings (SSSR count). The number of carbonyl (C=O) groups excluding carboxylic acids is 1. The van der Waals surface area contributed by atoms with Crippen LogP contribution < -0.4 is 15.4 Å². The van der Waals surface area contributed by atoms with Crippen LogP contribution in [0.1, 0.15) is 49.7 Å². The van der Waals surface area contributed by atoms with Gasteiger partial charge in [0.2, 0.25) is 5.91 Å². The lowest BCUT2D eigenvalue weighted by Gasteiger charge is -2.29. The van der Waals surface area contributed by atoms with Crippen LogP contribution >= 0.6 is 0 Å². The Morgan fingerprint density at radius 1 is 1.17 bits per heavy atom. The van der Waals surface area contributed by atoms with Crippen molar-refractivity contribution >= 4 is 17.6 Å². The lowest BCUT2D eigenvalue weighted by molar-refractivity contribution is -0.137. The number of hydrogen-bond donors (Lipinski definition) is 2. The van der Waals surface area contributed by atoms with Gasteiger partial charge in [0, 0.05) is 37.0 Å². The molecular formula is C23H28N2O4. The largest absolute Gasteiger partial charge is 0.494 e. The van der Waals surface area contributed by atoms with Gasteiger partial charge in [-0.3, -0.25) is 9.59 Å². The average Bonchev–Trinajstić information content (AvgIpc) is 2.97. The van der Waals surface area contributed by atoms with Crippen LogP contribution in [0.2, 0.25) is 0 Å². The minimum atomic E-state index is -0.827. The van der Waals surface area contributed by atoms with Crippen LogP contribution in [-0.4, -0.2) is 29.6 Å². The number of primary amides is 1. The first-order valence-electron chi connectivity index (χ1n) is 10.1. The normalized spacial score (nSPS) is 17.8. The molecule has 1 heterocycles. The summed E-state index contributed by atoms with van der Waals surface area (Å²) < 4.78 is 5.76. The molecule has 0 spiro atoms. The van der Waals surface area contributed by atoms with Gasteiger partial charge < -0.3 is 20.5 Å². The summed E-state index contributed by atoms with van der Waals surface area (Å²) in [6.45, 7) is 3.24. The number of hydrogen-bond acceptors (Lipinski definition) is 4. The Kier molecular flexibility index (Phi) is 6.75. The quantitative estimate of drug-likeness (QED) is 0.598. The van der Waals surface area contributed by atoms with E-state index in [0.29, 0.717) is 25.2 Å². The zero-order chi connectivity index (χ0) is 20.8. The summed E-state index contributed by atoms with van der Waals surface area (Å²) in [5.74, 6) is -0.432. The second-order valence-corrected chi connectivity index (χ2v) is 7.43. The zero-order valence-electron chi connectivity index (χ0n) is 16.7. The second kappa shape index (κ2) is 9.45. The average molecular weight is 396 g/mol. The molecular weight excluding hydrogens is 368 g/mol. The number of benzene rings is 2. The monoisotopic (exact) mass is 396 g/mol. The summed E-state index contributed by atoms with van der Waals surface area (Å²) >= 11 is 0. The fourth-order valence-electron chi connectivity index (χ4n) is 4.15. The number of amides is 1. The van der Waals surface area contributed by atoms with Gasteiger partial charge in [0.25, 0.3) is 0 Å². The number of nitrogens with two attached hydrogens (primary N) is 1. The molecule has 0 saturated carbocycles. The lowest BCUT2D eigenvalue weighted by atomic mass is 9.90.